The molecule has 0 aromatic heterocycles. The second-order valence-corrected chi connectivity index (χ2v) is 10.8. The fourth-order valence-electron chi connectivity index (χ4n) is 3.91. The topological polar surface area (TPSA) is 66.9 Å². The Kier molecular flexibility index (Phi) is 7.00. The highest BCUT2D eigenvalue weighted by Gasteiger charge is 2.37. The molecule has 1 atom stereocenters. The number of nitrogens with zero attached hydrogens (tertiary/aromatic N) is 2. The van der Waals surface area contributed by atoms with Gasteiger partial charge in [0.2, 0.25) is 10.0 Å². The predicted molar refractivity (Wildman–Crippen MR) is 134 cm³/mol. The van der Waals surface area contributed by atoms with Gasteiger partial charge < -0.3 is 9.64 Å². The van der Waals surface area contributed by atoms with Crippen LogP contribution < -0.4 is 4.90 Å². The molecular formula is C24H21BrClFN2O4S. The number of likely N-dealkylation sites (N-methyl/N-ethyl adjacent to an activating group) is 1. The zero-order chi connectivity index (χ0) is 24.6. The summed E-state index contributed by atoms with van der Waals surface area (Å²) in [6.45, 7) is 0.400. The number of halogens is 3. The molecule has 0 fully saturated rings. The van der Waals surface area contributed by atoms with Crippen molar-refractivity contribution in [3.63, 3.8) is 0 Å². The number of para-hydroxylation sites is 1. The predicted octanol–water partition coefficient (Wildman–Crippen LogP) is 5.47. The summed E-state index contributed by atoms with van der Waals surface area (Å²) in [5, 5.41) is 0.693. The molecule has 0 amide bonds. The van der Waals surface area contributed by atoms with Gasteiger partial charge in [-0.15, -0.1) is 0 Å². The van der Waals surface area contributed by atoms with E-state index in [0.29, 0.717) is 28.7 Å². The van der Waals surface area contributed by atoms with Crippen LogP contribution >= 0.6 is 27.5 Å². The van der Waals surface area contributed by atoms with E-state index in [2.05, 4.69) is 20.7 Å². The Balaban J connectivity index is 1.97. The largest absolute Gasteiger partial charge is 0.465 e. The van der Waals surface area contributed by atoms with Crippen LogP contribution in [0, 0.1) is 5.82 Å². The van der Waals surface area contributed by atoms with E-state index < -0.39 is 21.8 Å². The Hall–Kier alpha value is -2.46. The lowest BCUT2D eigenvalue weighted by Crippen LogP contribution is -2.42. The number of benzene rings is 3. The summed E-state index contributed by atoms with van der Waals surface area (Å²) in [6.07, 6.45) is 0. The van der Waals surface area contributed by atoms with Gasteiger partial charge in [-0.1, -0.05) is 51.8 Å². The molecule has 0 bridgehead atoms. The van der Waals surface area contributed by atoms with Crippen LogP contribution in [-0.4, -0.2) is 50.8 Å². The third kappa shape index (κ3) is 4.33. The summed E-state index contributed by atoms with van der Waals surface area (Å²) >= 11 is 10.1. The Morgan fingerprint density at radius 3 is 2.53 bits per heavy atom. The smallest absolute Gasteiger partial charge is 0.340 e. The van der Waals surface area contributed by atoms with Gasteiger partial charge in [-0.05, 0) is 42.0 Å². The molecule has 3 aromatic rings. The van der Waals surface area contributed by atoms with Gasteiger partial charge in [0.1, 0.15) is 10.7 Å². The fourth-order valence-corrected chi connectivity index (χ4v) is 6.56. The third-order valence-electron chi connectivity index (χ3n) is 5.83. The van der Waals surface area contributed by atoms with Crippen molar-refractivity contribution in [3.8, 4) is 11.1 Å². The number of alkyl halides is 1. The Morgan fingerprint density at radius 2 is 1.88 bits per heavy atom. The first-order valence-electron chi connectivity index (χ1n) is 10.3. The van der Waals surface area contributed by atoms with Crippen molar-refractivity contribution >= 4 is 54.9 Å². The molecule has 0 saturated heterocycles. The SMILES string of the molecule is COC(=O)c1cc(-c2cc3c(cc2Cl)N(c2ccccc2)C[C@@H](CBr)N(C)S3(=O)=O)ccc1F. The van der Waals surface area contributed by atoms with E-state index >= 15 is 0 Å². The number of carbonyl (C=O) groups excluding carboxylic acids is 1. The summed E-state index contributed by atoms with van der Waals surface area (Å²) in [5.41, 5.74) is 1.73. The van der Waals surface area contributed by atoms with Gasteiger partial charge in [0.15, 0.2) is 0 Å². The first-order valence-corrected chi connectivity index (χ1v) is 13.2. The summed E-state index contributed by atoms with van der Waals surface area (Å²) in [6, 6.07) is 16.0. The van der Waals surface area contributed by atoms with Crippen molar-refractivity contribution in [1.82, 2.24) is 4.31 Å². The van der Waals surface area contributed by atoms with E-state index in [1.54, 1.807) is 13.1 Å². The van der Waals surface area contributed by atoms with Gasteiger partial charge >= 0.3 is 5.97 Å². The van der Waals surface area contributed by atoms with Crippen molar-refractivity contribution in [2.75, 3.05) is 30.9 Å². The Bertz CT molecular complexity index is 1350. The van der Waals surface area contributed by atoms with E-state index in [4.69, 9.17) is 11.6 Å². The molecule has 0 unspecified atom stereocenters. The molecule has 1 aliphatic heterocycles. The van der Waals surface area contributed by atoms with Crippen molar-refractivity contribution < 1.29 is 22.3 Å². The van der Waals surface area contributed by atoms with Crippen LogP contribution in [0.5, 0.6) is 0 Å². The number of ether oxygens (including phenoxy) is 1. The van der Waals surface area contributed by atoms with Crippen LogP contribution in [0.15, 0.2) is 65.6 Å². The van der Waals surface area contributed by atoms with E-state index in [0.717, 1.165) is 18.9 Å². The summed E-state index contributed by atoms with van der Waals surface area (Å²) in [7, 11) is -1.21. The van der Waals surface area contributed by atoms with Crippen molar-refractivity contribution in [2.45, 2.75) is 10.9 Å². The number of carbonyl (C=O) groups is 1. The number of hydrogen-bond acceptors (Lipinski definition) is 5. The highest BCUT2D eigenvalue weighted by molar-refractivity contribution is 9.09. The number of anilines is 2. The molecule has 4 rings (SSSR count). The van der Waals surface area contributed by atoms with Crippen molar-refractivity contribution in [2.24, 2.45) is 0 Å². The lowest BCUT2D eigenvalue weighted by atomic mass is 10.0. The standard InChI is InChI=1S/C24H21BrClFN2O4S/c1-28-17(13-25)14-29(16-6-4-3-5-7-16)22-12-20(26)18(11-23(22)34(28,31)32)15-8-9-21(27)19(10-15)24(30)33-2/h3-12,17H,13-14H2,1-2H3/t17-/m1/s1. The molecule has 10 heteroatoms. The van der Waals surface area contributed by atoms with E-state index in [-0.39, 0.29) is 21.5 Å². The normalized spacial score (nSPS) is 17.7. The van der Waals surface area contributed by atoms with Gasteiger partial charge in [0.05, 0.1) is 29.4 Å². The number of sulfonamides is 1. The molecule has 3 aromatic carbocycles. The third-order valence-corrected chi connectivity index (χ3v) is 8.83. The zero-order valence-electron chi connectivity index (χ0n) is 18.3. The maximum absolute atomic E-state index is 14.2. The van der Waals surface area contributed by atoms with Crippen molar-refractivity contribution in [1.29, 1.82) is 0 Å². The molecule has 1 aliphatic rings. The average molecular weight is 568 g/mol. The molecule has 0 N–H and O–H groups in total. The number of fused-ring (bicyclic) bond motifs is 1. The minimum absolute atomic E-state index is 0.0608. The van der Waals surface area contributed by atoms with Crippen LogP contribution in [0.25, 0.3) is 11.1 Å². The zero-order valence-corrected chi connectivity index (χ0v) is 21.5. The van der Waals surface area contributed by atoms with E-state index in [9.17, 15) is 17.6 Å². The molecule has 0 saturated carbocycles. The molecular weight excluding hydrogens is 547 g/mol. The first-order chi connectivity index (χ1) is 16.2. The highest BCUT2D eigenvalue weighted by atomic mass is 79.9. The number of hydrogen-bond donors (Lipinski definition) is 0. The maximum atomic E-state index is 14.2. The van der Waals surface area contributed by atoms with E-state index in [1.807, 2.05) is 35.2 Å². The van der Waals surface area contributed by atoms with Gasteiger partial charge in [-0.2, -0.15) is 4.31 Å². The number of methoxy groups -OCH3 is 1. The molecule has 34 heavy (non-hydrogen) atoms. The van der Waals surface area contributed by atoms with Crippen LogP contribution in [0.1, 0.15) is 10.4 Å². The lowest BCUT2D eigenvalue weighted by molar-refractivity contribution is 0.0595. The fraction of sp³-hybridized carbons (Fsp3) is 0.208. The first kappa shape index (κ1) is 24.7. The van der Waals surface area contributed by atoms with Gasteiger partial charge in [-0.25, -0.2) is 17.6 Å². The van der Waals surface area contributed by atoms with Crippen molar-refractivity contribution in [3.05, 3.63) is 77.1 Å². The average Bonchev–Trinajstić information content (AvgIpc) is 2.91. The van der Waals surface area contributed by atoms with E-state index in [1.165, 1.54) is 22.5 Å². The number of rotatable bonds is 4. The quantitative estimate of drug-likeness (QED) is 0.309. The molecule has 178 valence electrons. The molecule has 0 aliphatic carbocycles. The molecule has 0 spiro atoms. The molecule has 1 heterocycles. The minimum Gasteiger partial charge on any atom is -0.465 e. The summed E-state index contributed by atoms with van der Waals surface area (Å²) in [4.78, 5) is 14.0. The summed E-state index contributed by atoms with van der Waals surface area (Å²) < 4.78 is 47.5. The minimum atomic E-state index is -3.91. The molecule has 6 nitrogen and oxygen atoms in total. The monoisotopic (exact) mass is 566 g/mol. The van der Waals surface area contributed by atoms with Crippen LogP contribution in [0.2, 0.25) is 5.02 Å². The van der Waals surface area contributed by atoms with Crippen LogP contribution in [-0.2, 0) is 14.8 Å². The second-order valence-electron chi connectivity index (χ2n) is 7.76. The second kappa shape index (κ2) is 9.65. The van der Waals surface area contributed by atoms with Crippen LogP contribution in [0.4, 0.5) is 15.8 Å². The maximum Gasteiger partial charge on any atom is 0.340 e. The van der Waals surface area contributed by atoms with Crippen LogP contribution in [0.3, 0.4) is 0 Å². The lowest BCUT2D eigenvalue weighted by Gasteiger charge is -2.28. The molecule has 0 radical (unpaired) electrons. The Morgan fingerprint density at radius 1 is 1.18 bits per heavy atom. The number of esters is 1. The van der Waals surface area contributed by atoms with Gasteiger partial charge in [0.25, 0.3) is 0 Å². The Labute approximate surface area is 211 Å². The highest BCUT2D eigenvalue weighted by Crippen LogP contribution is 2.42. The van der Waals surface area contributed by atoms with Gasteiger partial charge in [0, 0.05) is 30.2 Å². The summed E-state index contributed by atoms with van der Waals surface area (Å²) in [5.74, 6) is -1.59. The van der Waals surface area contributed by atoms with Gasteiger partial charge in [-0.3, -0.25) is 0 Å².